The van der Waals surface area contributed by atoms with Crippen LogP contribution in [0.4, 0.5) is 10.1 Å². The average molecular weight is 265 g/mol. The molecule has 19 heavy (non-hydrogen) atoms. The zero-order chi connectivity index (χ0) is 13.2. The van der Waals surface area contributed by atoms with Gasteiger partial charge in [0.1, 0.15) is 11.9 Å². The molecule has 0 radical (unpaired) electrons. The number of nitrogens with two attached hydrogens (primary N) is 1. The molecule has 0 amide bonds. The minimum atomic E-state index is -0.504. The van der Waals surface area contributed by atoms with Crippen LogP contribution in [-0.4, -0.2) is 30.0 Å². The van der Waals surface area contributed by atoms with Gasteiger partial charge in [0.05, 0.1) is 25.4 Å². The highest BCUT2D eigenvalue weighted by molar-refractivity contribution is 5.70. The lowest BCUT2D eigenvalue weighted by atomic mass is 10.1. The molecule has 0 aliphatic carbocycles. The Labute approximate surface area is 108 Å². The van der Waals surface area contributed by atoms with Crippen molar-refractivity contribution in [3.63, 3.8) is 0 Å². The van der Waals surface area contributed by atoms with Crippen molar-refractivity contribution in [2.75, 3.05) is 25.6 Å². The molecule has 1 unspecified atom stereocenters. The summed E-state index contributed by atoms with van der Waals surface area (Å²) in [6, 6.07) is 4.38. The molecule has 0 spiro atoms. The van der Waals surface area contributed by atoms with E-state index in [0.717, 1.165) is 0 Å². The average Bonchev–Trinajstić information content (AvgIpc) is 2.89. The summed E-state index contributed by atoms with van der Waals surface area (Å²) in [6.07, 6.45) is -0.390. The van der Waals surface area contributed by atoms with Gasteiger partial charge in [0.15, 0.2) is 0 Å². The molecule has 3 rings (SSSR count). The predicted octanol–water partition coefficient (Wildman–Crippen LogP) is 1.55. The number of anilines is 1. The second kappa shape index (κ2) is 4.94. The molecule has 6 nitrogen and oxygen atoms in total. The number of nitrogens with zero attached hydrogens (tertiary/aromatic N) is 2. The van der Waals surface area contributed by atoms with Gasteiger partial charge in [-0.2, -0.15) is 4.98 Å². The van der Waals surface area contributed by atoms with Gasteiger partial charge in [0, 0.05) is 5.69 Å². The topological polar surface area (TPSA) is 83.4 Å². The fraction of sp³-hybridized carbons (Fsp3) is 0.333. The molecule has 1 aliphatic rings. The van der Waals surface area contributed by atoms with Crippen LogP contribution in [-0.2, 0) is 9.47 Å². The summed E-state index contributed by atoms with van der Waals surface area (Å²) in [4.78, 5) is 4.12. The zero-order valence-corrected chi connectivity index (χ0v) is 10.0. The lowest BCUT2D eigenvalue weighted by Gasteiger charge is -2.19. The van der Waals surface area contributed by atoms with Gasteiger partial charge in [-0.1, -0.05) is 11.2 Å². The lowest BCUT2D eigenvalue weighted by molar-refractivity contribution is -0.0941. The van der Waals surface area contributed by atoms with E-state index in [0.29, 0.717) is 25.6 Å². The number of halogens is 1. The number of rotatable bonds is 2. The molecule has 2 aromatic rings. The second-order valence-electron chi connectivity index (χ2n) is 4.10. The largest absolute Gasteiger partial charge is 0.398 e. The lowest BCUT2D eigenvalue weighted by Crippen LogP contribution is -2.22. The fourth-order valence-electron chi connectivity index (χ4n) is 1.87. The Hall–Kier alpha value is -1.99. The zero-order valence-electron chi connectivity index (χ0n) is 10.0. The number of hydrogen-bond donors (Lipinski definition) is 1. The van der Waals surface area contributed by atoms with Crippen molar-refractivity contribution in [3.05, 3.63) is 29.8 Å². The van der Waals surface area contributed by atoms with E-state index in [1.807, 2.05) is 0 Å². The maximum atomic E-state index is 13.7. The van der Waals surface area contributed by atoms with Gasteiger partial charge in [-0.05, 0) is 12.1 Å². The van der Waals surface area contributed by atoms with Crippen LogP contribution < -0.4 is 5.73 Å². The Morgan fingerprint density at radius 3 is 2.95 bits per heavy atom. The Morgan fingerprint density at radius 2 is 2.21 bits per heavy atom. The molecule has 1 aromatic carbocycles. The van der Waals surface area contributed by atoms with Gasteiger partial charge in [0.2, 0.25) is 5.82 Å². The summed E-state index contributed by atoms with van der Waals surface area (Å²) >= 11 is 0. The molecular weight excluding hydrogens is 253 g/mol. The highest BCUT2D eigenvalue weighted by Crippen LogP contribution is 2.29. The normalized spacial score (nSPS) is 19.5. The summed E-state index contributed by atoms with van der Waals surface area (Å²) in [7, 11) is 0. The van der Waals surface area contributed by atoms with E-state index < -0.39 is 5.82 Å². The first kappa shape index (κ1) is 12.1. The van der Waals surface area contributed by atoms with Gasteiger partial charge >= 0.3 is 0 Å². The highest BCUT2D eigenvalue weighted by Gasteiger charge is 2.24. The molecule has 1 aromatic heterocycles. The maximum absolute atomic E-state index is 13.7. The smallest absolute Gasteiger partial charge is 0.263 e. The van der Waals surface area contributed by atoms with Crippen molar-refractivity contribution in [2.45, 2.75) is 6.10 Å². The second-order valence-corrected chi connectivity index (χ2v) is 4.10. The fourth-order valence-corrected chi connectivity index (χ4v) is 1.87. The summed E-state index contributed by atoms with van der Waals surface area (Å²) in [5.41, 5.74) is 6.07. The molecular formula is C12H12FN3O3. The van der Waals surface area contributed by atoms with Crippen LogP contribution in [0.1, 0.15) is 11.9 Å². The van der Waals surface area contributed by atoms with Gasteiger partial charge in [-0.15, -0.1) is 0 Å². The third kappa shape index (κ3) is 2.29. The molecule has 1 aliphatic heterocycles. The Morgan fingerprint density at radius 1 is 1.32 bits per heavy atom. The van der Waals surface area contributed by atoms with Crippen molar-refractivity contribution < 1.29 is 18.4 Å². The van der Waals surface area contributed by atoms with E-state index in [4.69, 9.17) is 19.7 Å². The van der Waals surface area contributed by atoms with Crippen molar-refractivity contribution in [1.29, 1.82) is 0 Å². The van der Waals surface area contributed by atoms with Crippen LogP contribution in [0.15, 0.2) is 22.7 Å². The van der Waals surface area contributed by atoms with Crippen LogP contribution >= 0.6 is 0 Å². The number of hydrogen-bond acceptors (Lipinski definition) is 6. The van der Waals surface area contributed by atoms with Gasteiger partial charge < -0.3 is 19.7 Å². The monoisotopic (exact) mass is 265 g/mol. The standard InChI is InChI=1S/C12H12FN3O3/c13-7-2-1-3-8(14)10(7)12-15-11(16-19-12)9-6-17-4-5-18-9/h1-3,9H,4-6,14H2. The van der Waals surface area contributed by atoms with Crippen LogP contribution in [0, 0.1) is 5.82 Å². The molecule has 0 bridgehead atoms. The first-order valence-electron chi connectivity index (χ1n) is 5.83. The predicted molar refractivity (Wildman–Crippen MR) is 63.6 cm³/mol. The summed E-state index contributed by atoms with van der Waals surface area (Å²) in [5.74, 6) is -0.131. The van der Waals surface area contributed by atoms with Crippen LogP contribution in [0.25, 0.3) is 11.5 Å². The molecule has 1 atom stereocenters. The van der Waals surface area contributed by atoms with Crippen molar-refractivity contribution >= 4 is 5.69 Å². The first-order chi connectivity index (χ1) is 9.25. The van der Waals surface area contributed by atoms with E-state index in [2.05, 4.69) is 10.1 Å². The van der Waals surface area contributed by atoms with Crippen LogP contribution in [0.2, 0.25) is 0 Å². The van der Waals surface area contributed by atoms with Crippen molar-refractivity contribution in [3.8, 4) is 11.5 Å². The SMILES string of the molecule is Nc1cccc(F)c1-c1nc(C2COCCO2)no1. The number of nitrogen functional groups attached to an aromatic ring is 1. The molecule has 2 N–H and O–H groups in total. The molecule has 0 saturated carbocycles. The Balaban J connectivity index is 1.92. The number of ether oxygens (including phenoxy) is 2. The Bertz CT molecular complexity index is 561. The third-order valence-electron chi connectivity index (χ3n) is 2.81. The highest BCUT2D eigenvalue weighted by atomic mass is 19.1. The molecule has 100 valence electrons. The molecule has 7 heteroatoms. The van der Waals surface area contributed by atoms with Crippen LogP contribution in [0.3, 0.4) is 0 Å². The minimum Gasteiger partial charge on any atom is -0.398 e. The number of aromatic nitrogens is 2. The van der Waals surface area contributed by atoms with Crippen molar-refractivity contribution in [1.82, 2.24) is 10.1 Å². The van der Waals surface area contributed by atoms with Crippen molar-refractivity contribution in [2.24, 2.45) is 0 Å². The first-order valence-corrected chi connectivity index (χ1v) is 5.83. The van der Waals surface area contributed by atoms with Gasteiger partial charge in [-0.25, -0.2) is 4.39 Å². The Kier molecular flexibility index (Phi) is 3.14. The van der Waals surface area contributed by atoms with E-state index in [-0.39, 0.29) is 23.2 Å². The van der Waals surface area contributed by atoms with Gasteiger partial charge in [0.25, 0.3) is 5.89 Å². The third-order valence-corrected chi connectivity index (χ3v) is 2.81. The van der Waals surface area contributed by atoms with Gasteiger partial charge in [-0.3, -0.25) is 0 Å². The molecule has 2 heterocycles. The van der Waals surface area contributed by atoms with E-state index in [1.54, 1.807) is 6.07 Å². The minimum absolute atomic E-state index is 0.0415. The van der Waals surface area contributed by atoms with E-state index >= 15 is 0 Å². The van der Waals surface area contributed by atoms with Crippen LogP contribution in [0.5, 0.6) is 0 Å². The maximum Gasteiger partial charge on any atom is 0.263 e. The summed E-state index contributed by atoms with van der Waals surface area (Å²) < 4.78 is 29.5. The summed E-state index contributed by atoms with van der Waals surface area (Å²) in [6.45, 7) is 1.36. The van der Waals surface area contributed by atoms with E-state index in [1.165, 1.54) is 12.1 Å². The molecule has 1 fully saturated rings. The quantitative estimate of drug-likeness (QED) is 0.829. The number of benzene rings is 1. The molecule has 1 saturated heterocycles. The summed E-state index contributed by atoms with van der Waals surface area (Å²) in [5, 5.41) is 3.79. The van der Waals surface area contributed by atoms with E-state index in [9.17, 15) is 4.39 Å².